The van der Waals surface area contributed by atoms with Gasteiger partial charge in [-0.15, -0.1) is 11.8 Å². The van der Waals surface area contributed by atoms with Gasteiger partial charge in [-0.2, -0.15) is 0 Å². The number of hydrogen-bond donors (Lipinski definition) is 0. The van der Waals surface area contributed by atoms with Gasteiger partial charge in [-0.25, -0.2) is 0 Å². The molecular formula is C13H20BrClO2SSi. The summed E-state index contributed by atoms with van der Waals surface area (Å²) >= 11 is 11.2. The van der Waals surface area contributed by atoms with E-state index in [1.54, 1.807) is 11.8 Å². The van der Waals surface area contributed by atoms with Crippen LogP contribution in [0.5, 0.6) is 5.75 Å². The third kappa shape index (κ3) is 6.08. The van der Waals surface area contributed by atoms with Crippen molar-refractivity contribution in [3.05, 3.63) is 21.6 Å². The Balaban J connectivity index is 2.48. The highest BCUT2D eigenvalue weighted by Gasteiger charge is 2.13. The molecule has 0 atom stereocenters. The van der Waals surface area contributed by atoms with Gasteiger partial charge in [0, 0.05) is 19.2 Å². The molecule has 0 saturated carbocycles. The molecule has 0 unspecified atom stereocenters. The van der Waals surface area contributed by atoms with Gasteiger partial charge in [0.25, 0.3) is 0 Å². The lowest BCUT2D eigenvalue weighted by Gasteiger charge is -2.16. The first-order valence-electron chi connectivity index (χ1n) is 6.07. The van der Waals surface area contributed by atoms with Crippen LogP contribution in [-0.2, 0) is 4.74 Å². The highest BCUT2D eigenvalue weighted by molar-refractivity contribution is 9.10. The summed E-state index contributed by atoms with van der Waals surface area (Å²) < 4.78 is 12.1. The lowest BCUT2D eigenvalue weighted by Crippen LogP contribution is -2.22. The second-order valence-corrected chi connectivity index (χ2v) is 13.0. The monoisotopic (exact) mass is 382 g/mol. The summed E-state index contributed by atoms with van der Waals surface area (Å²) in [5.41, 5.74) is 0. The molecule has 1 aromatic rings. The fourth-order valence-electron chi connectivity index (χ4n) is 1.36. The minimum atomic E-state index is -1.03. The van der Waals surface area contributed by atoms with Gasteiger partial charge >= 0.3 is 0 Å². The van der Waals surface area contributed by atoms with Crippen molar-refractivity contribution in [2.45, 2.75) is 30.6 Å². The molecule has 0 spiro atoms. The Bertz CT molecular complexity index is 424. The minimum absolute atomic E-state index is 0.274. The summed E-state index contributed by atoms with van der Waals surface area (Å²) in [6.07, 6.45) is 1.98. The maximum Gasteiger partial charge on any atom is 0.189 e. The van der Waals surface area contributed by atoms with Gasteiger partial charge in [0.2, 0.25) is 0 Å². The molecule has 0 N–H and O–H groups in total. The molecule has 0 aromatic heterocycles. The van der Waals surface area contributed by atoms with E-state index in [2.05, 4.69) is 35.6 Å². The number of rotatable bonds is 7. The molecule has 108 valence electrons. The highest BCUT2D eigenvalue weighted by atomic mass is 79.9. The zero-order chi connectivity index (χ0) is 14.5. The van der Waals surface area contributed by atoms with Crippen LogP contribution in [0.15, 0.2) is 21.5 Å². The van der Waals surface area contributed by atoms with Crippen LogP contribution >= 0.6 is 39.3 Å². The number of ether oxygens (including phenoxy) is 2. The molecule has 1 aromatic carbocycles. The van der Waals surface area contributed by atoms with E-state index >= 15 is 0 Å². The quantitative estimate of drug-likeness (QED) is 0.267. The number of hydrogen-bond acceptors (Lipinski definition) is 3. The van der Waals surface area contributed by atoms with Crippen LogP contribution in [0.2, 0.25) is 30.7 Å². The predicted octanol–water partition coefficient (Wildman–Crippen LogP) is 5.52. The van der Waals surface area contributed by atoms with Crippen LogP contribution in [0.25, 0.3) is 0 Å². The zero-order valence-electron chi connectivity index (χ0n) is 11.8. The van der Waals surface area contributed by atoms with E-state index in [1.165, 1.54) is 0 Å². The van der Waals surface area contributed by atoms with Gasteiger partial charge in [0.05, 0.1) is 9.92 Å². The van der Waals surface area contributed by atoms with Crippen molar-refractivity contribution in [2.24, 2.45) is 0 Å². The van der Waals surface area contributed by atoms with Gasteiger partial charge in [-0.3, -0.25) is 0 Å². The van der Waals surface area contributed by atoms with Crippen molar-refractivity contribution < 1.29 is 9.47 Å². The molecule has 6 heteroatoms. The standard InChI is InChI=1S/C13H20BrClO2SSi/c1-18-13-11(6-5-10(14)12(13)15)17-9-16-7-8-19(2,3)4/h5-6H,7-9H2,1-4H3. The first kappa shape index (κ1) is 17.4. The van der Waals surface area contributed by atoms with Crippen LogP contribution in [0.3, 0.4) is 0 Å². The lowest BCUT2D eigenvalue weighted by molar-refractivity contribution is 0.0204. The van der Waals surface area contributed by atoms with Crippen molar-refractivity contribution in [3.63, 3.8) is 0 Å². The van der Waals surface area contributed by atoms with Crippen LogP contribution in [0.1, 0.15) is 0 Å². The Morgan fingerprint density at radius 1 is 1.32 bits per heavy atom. The molecule has 0 heterocycles. The summed E-state index contributed by atoms with van der Waals surface area (Å²) in [6.45, 7) is 8.03. The highest BCUT2D eigenvalue weighted by Crippen LogP contribution is 2.39. The van der Waals surface area contributed by atoms with Crippen molar-refractivity contribution in [3.8, 4) is 5.75 Å². The van der Waals surface area contributed by atoms with Gasteiger partial charge in [-0.1, -0.05) is 31.2 Å². The largest absolute Gasteiger partial charge is 0.466 e. The average Bonchev–Trinajstić information content (AvgIpc) is 2.32. The Morgan fingerprint density at radius 2 is 2.00 bits per heavy atom. The zero-order valence-corrected chi connectivity index (χ0v) is 15.9. The summed E-state index contributed by atoms with van der Waals surface area (Å²) in [7, 11) is -1.03. The van der Waals surface area contributed by atoms with E-state index in [1.807, 2.05) is 18.4 Å². The van der Waals surface area contributed by atoms with E-state index in [4.69, 9.17) is 21.1 Å². The topological polar surface area (TPSA) is 18.5 Å². The van der Waals surface area contributed by atoms with Gasteiger partial charge in [0.15, 0.2) is 6.79 Å². The van der Waals surface area contributed by atoms with Gasteiger partial charge in [0.1, 0.15) is 5.75 Å². The third-order valence-electron chi connectivity index (χ3n) is 2.51. The molecule has 0 radical (unpaired) electrons. The Hall–Kier alpha value is 0.317. The Kier molecular flexibility index (Phi) is 7.25. The Labute approximate surface area is 134 Å². The van der Waals surface area contributed by atoms with Crippen molar-refractivity contribution in [1.29, 1.82) is 0 Å². The number of halogens is 2. The second-order valence-electron chi connectivity index (χ2n) is 5.37. The summed E-state index contributed by atoms with van der Waals surface area (Å²) in [5, 5.41) is 0.687. The summed E-state index contributed by atoms with van der Waals surface area (Å²) in [6, 6.07) is 4.94. The SMILES string of the molecule is CSc1c(OCOCC[Si](C)(C)C)ccc(Br)c1Cl. The van der Waals surface area contributed by atoms with Crippen LogP contribution in [-0.4, -0.2) is 27.7 Å². The fourth-order valence-corrected chi connectivity index (χ4v) is 3.58. The van der Waals surface area contributed by atoms with Crippen molar-refractivity contribution in [1.82, 2.24) is 0 Å². The van der Waals surface area contributed by atoms with E-state index in [9.17, 15) is 0 Å². The normalized spacial score (nSPS) is 11.7. The predicted molar refractivity (Wildman–Crippen MR) is 90.5 cm³/mol. The molecule has 0 amide bonds. The second kappa shape index (κ2) is 7.93. The van der Waals surface area contributed by atoms with E-state index in [0.29, 0.717) is 5.02 Å². The minimum Gasteiger partial charge on any atom is -0.466 e. The summed E-state index contributed by atoms with van der Waals surface area (Å²) in [4.78, 5) is 0.935. The van der Waals surface area contributed by atoms with Crippen molar-refractivity contribution >= 4 is 47.4 Å². The van der Waals surface area contributed by atoms with Crippen molar-refractivity contribution in [2.75, 3.05) is 19.7 Å². The molecule has 2 nitrogen and oxygen atoms in total. The summed E-state index contributed by atoms with van der Waals surface area (Å²) in [5.74, 6) is 0.772. The molecule has 0 aliphatic carbocycles. The molecule has 0 bridgehead atoms. The van der Waals surface area contributed by atoms with Gasteiger partial charge < -0.3 is 9.47 Å². The van der Waals surface area contributed by atoms with Crippen LogP contribution < -0.4 is 4.74 Å². The first-order valence-corrected chi connectivity index (χ1v) is 12.2. The van der Waals surface area contributed by atoms with E-state index in [0.717, 1.165) is 27.8 Å². The first-order chi connectivity index (χ1) is 8.85. The molecule has 1 rings (SSSR count). The van der Waals surface area contributed by atoms with Crippen LogP contribution in [0, 0.1) is 0 Å². The van der Waals surface area contributed by atoms with Crippen LogP contribution in [0.4, 0.5) is 0 Å². The smallest absolute Gasteiger partial charge is 0.189 e. The molecule has 0 saturated heterocycles. The Morgan fingerprint density at radius 3 is 2.58 bits per heavy atom. The number of benzene rings is 1. The molecule has 19 heavy (non-hydrogen) atoms. The number of thioether (sulfide) groups is 1. The third-order valence-corrected chi connectivity index (χ3v) is 6.42. The van der Waals surface area contributed by atoms with E-state index in [-0.39, 0.29) is 6.79 Å². The molecule has 0 aliphatic heterocycles. The molecule has 0 aliphatic rings. The maximum absolute atomic E-state index is 6.22. The molecule has 0 fully saturated rings. The average molecular weight is 384 g/mol. The fraction of sp³-hybridized carbons (Fsp3) is 0.538. The molecular weight excluding hydrogens is 364 g/mol. The maximum atomic E-state index is 6.22. The lowest BCUT2D eigenvalue weighted by atomic mass is 10.3. The van der Waals surface area contributed by atoms with Gasteiger partial charge in [-0.05, 0) is 40.4 Å². The van der Waals surface area contributed by atoms with E-state index < -0.39 is 8.07 Å².